The normalized spacial score (nSPS) is 11.9. The molecule has 0 saturated carbocycles. The minimum absolute atomic E-state index is 0.0660. The standard InChI is InChI=1S/C17H21ClN4O4S/c1-5-26-15(23)13-10-19-16(18)21-14(13)20-11-7-6-8-12(9-11)27(24,25)22-17(2,3)4/h6-10,22H,5H2,1-4H3,(H,19,20,21). The van der Waals surface area contributed by atoms with Gasteiger partial charge in [0.2, 0.25) is 15.3 Å². The van der Waals surface area contributed by atoms with Crippen molar-refractivity contribution < 1.29 is 17.9 Å². The smallest absolute Gasteiger partial charge is 0.343 e. The first kappa shape index (κ1) is 21.1. The number of carbonyl (C=O) groups excluding carboxylic acids is 1. The third kappa shape index (κ3) is 5.88. The van der Waals surface area contributed by atoms with Gasteiger partial charge >= 0.3 is 5.97 Å². The largest absolute Gasteiger partial charge is 0.462 e. The minimum Gasteiger partial charge on any atom is -0.462 e. The van der Waals surface area contributed by atoms with E-state index in [0.29, 0.717) is 5.69 Å². The Bertz CT molecular complexity index is 942. The summed E-state index contributed by atoms with van der Waals surface area (Å²) in [5.74, 6) is -0.498. The highest BCUT2D eigenvalue weighted by molar-refractivity contribution is 7.89. The van der Waals surface area contributed by atoms with Gasteiger partial charge in [0.1, 0.15) is 11.4 Å². The molecule has 0 amide bonds. The van der Waals surface area contributed by atoms with Gasteiger partial charge in [0.25, 0.3) is 0 Å². The molecule has 0 spiro atoms. The van der Waals surface area contributed by atoms with Crippen LogP contribution in [0.1, 0.15) is 38.1 Å². The van der Waals surface area contributed by atoms with Gasteiger partial charge in [-0.15, -0.1) is 0 Å². The summed E-state index contributed by atoms with van der Waals surface area (Å²) in [6.07, 6.45) is 1.25. The molecule has 146 valence electrons. The van der Waals surface area contributed by atoms with E-state index in [4.69, 9.17) is 16.3 Å². The number of nitrogens with one attached hydrogen (secondary N) is 2. The Labute approximate surface area is 163 Å². The first-order valence-electron chi connectivity index (χ1n) is 8.12. The molecule has 2 aromatic rings. The second-order valence-corrected chi connectivity index (χ2v) is 8.65. The fraction of sp³-hybridized carbons (Fsp3) is 0.353. The van der Waals surface area contributed by atoms with E-state index in [1.165, 1.54) is 18.3 Å². The lowest BCUT2D eigenvalue weighted by Gasteiger charge is -2.20. The molecule has 0 bridgehead atoms. The van der Waals surface area contributed by atoms with Crippen LogP contribution in [0, 0.1) is 0 Å². The molecule has 2 rings (SSSR count). The molecule has 0 saturated heterocycles. The number of hydrogen-bond donors (Lipinski definition) is 2. The molecule has 0 atom stereocenters. The summed E-state index contributed by atoms with van der Waals surface area (Å²) in [4.78, 5) is 19.9. The van der Waals surface area contributed by atoms with Crippen molar-refractivity contribution >= 4 is 39.1 Å². The predicted octanol–water partition coefficient (Wildman–Crippen LogP) is 3.13. The Morgan fingerprint density at radius 1 is 1.30 bits per heavy atom. The lowest BCUT2D eigenvalue weighted by Crippen LogP contribution is -2.40. The van der Waals surface area contributed by atoms with Crippen LogP contribution in [-0.2, 0) is 14.8 Å². The zero-order chi connectivity index (χ0) is 20.2. The van der Waals surface area contributed by atoms with Gasteiger partial charge < -0.3 is 10.1 Å². The van der Waals surface area contributed by atoms with Crippen LogP contribution in [0.3, 0.4) is 0 Å². The number of nitrogens with zero attached hydrogens (tertiary/aromatic N) is 2. The highest BCUT2D eigenvalue weighted by Crippen LogP contribution is 2.23. The van der Waals surface area contributed by atoms with Crippen LogP contribution < -0.4 is 10.0 Å². The van der Waals surface area contributed by atoms with Gasteiger partial charge in [-0.2, -0.15) is 4.98 Å². The molecule has 8 nitrogen and oxygen atoms in total. The summed E-state index contributed by atoms with van der Waals surface area (Å²) in [5.41, 5.74) is -0.131. The van der Waals surface area contributed by atoms with Crippen LogP contribution in [0.4, 0.5) is 11.5 Å². The number of hydrogen-bond acceptors (Lipinski definition) is 7. The highest BCUT2D eigenvalue weighted by atomic mass is 35.5. The van der Waals surface area contributed by atoms with Crippen molar-refractivity contribution in [3.05, 3.63) is 41.3 Å². The third-order valence-electron chi connectivity index (χ3n) is 3.10. The van der Waals surface area contributed by atoms with Crippen molar-refractivity contribution in [2.24, 2.45) is 0 Å². The van der Waals surface area contributed by atoms with Gasteiger partial charge in [-0.05, 0) is 57.5 Å². The lowest BCUT2D eigenvalue weighted by molar-refractivity contribution is 0.0526. The first-order chi connectivity index (χ1) is 12.5. The van der Waals surface area contributed by atoms with Crippen LogP contribution in [0.25, 0.3) is 0 Å². The molecule has 0 unspecified atom stereocenters. The van der Waals surface area contributed by atoms with Crippen molar-refractivity contribution in [1.29, 1.82) is 0 Å². The van der Waals surface area contributed by atoms with E-state index in [1.54, 1.807) is 39.8 Å². The molecule has 1 aromatic carbocycles. The molecule has 1 heterocycles. The summed E-state index contributed by atoms with van der Waals surface area (Å²) in [5, 5.41) is 2.83. The van der Waals surface area contributed by atoms with E-state index in [9.17, 15) is 13.2 Å². The Morgan fingerprint density at radius 3 is 2.63 bits per heavy atom. The van der Waals surface area contributed by atoms with Gasteiger partial charge in [0.05, 0.1) is 11.5 Å². The molecule has 0 aliphatic heterocycles. The number of ether oxygens (including phenoxy) is 1. The van der Waals surface area contributed by atoms with E-state index in [-0.39, 0.29) is 28.2 Å². The van der Waals surface area contributed by atoms with Gasteiger partial charge in [0, 0.05) is 17.4 Å². The number of esters is 1. The number of aromatic nitrogens is 2. The second-order valence-electron chi connectivity index (χ2n) is 6.63. The summed E-state index contributed by atoms with van der Waals surface area (Å²) in [7, 11) is -3.72. The average molecular weight is 413 g/mol. The number of carbonyl (C=O) groups is 1. The SMILES string of the molecule is CCOC(=O)c1cnc(Cl)nc1Nc1cccc(S(=O)(=O)NC(C)(C)C)c1. The molecule has 2 N–H and O–H groups in total. The van der Waals surface area contributed by atoms with Crippen molar-refractivity contribution in [2.45, 2.75) is 38.1 Å². The van der Waals surface area contributed by atoms with E-state index in [0.717, 1.165) is 0 Å². The van der Waals surface area contributed by atoms with Crippen LogP contribution in [0.2, 0.25) is 5.28 Å². The van der Waals surface area contributed by atoms with E-state index < -0.39 is 21.5 Å². The van der Waals surface area contributed by atoms with Crippen molar-refractivity contribution in [1.82, 2.24) is 14.7 Å². The predicted molar refractivity (Wildman–Crippen MR) is 103 cm³/mol. The maximum Gasteiger partial charge on any atom is 0.343 e. The maximum atomic E-state index is 12.5. The third-order valence-corrected chi connectivity index (χ3v) is 5.04. The molecule has 10 heteroatoms. The second kappa shape index (κ2) is 8.20. The summed E-state index contributed by atoms with van der Waals surface area (Å²) in [6, 6.07) is 6.12. The van der Waals surface area contributed by atoms with Gasteiger partial charge in [-0.25, -0.2) is 22.9 Å². The van der Waals surface area contributed by atoms with E-state index >= 15 is 0 Å². The molecular formula is C17H21ClN4O4S. The van der Waals surface area contributed by atoms with Crippen LogP contribution in [-0.4, -0.2) is 36.5 Å². The fourth-order valence-corrected chi connectivity index (χ4v) is 3.75. The number of sulfonamides is 1. The minimum atomic E-state index is -3.72. The Morgan fingerprint density at radius 2 is 2.00 bits per heavy atom. The van der Waals surface area contributed by atoms with Gasteiger partial charge in [-0.3, -0.25) is 0 Å². The van der Waals surface area contributed by atoms with E-state index in [1.807, 2.05) is 0 Å². The molecule has 0 radical (unpaired) electrons. The molecule has 1 aromatic heterocycles. The topological polar surface area (TPSA) is 110 Å². The van der Waals surface area contributed by atoms with Gasteiger partial charge in [0.15, 0.2) is 0 Å². The Kier molecular flexibility index (Phi) is 6.40. The molecule has 27 heavy (non-hydrogen) atoms. The molecule has 0 aliphatic rings. The number of halogens is 1. The van der Waals surface area contributed by atoms with Crippen molar-refractivity contribution in [3.63, 3.8) is 0 Å². The monoisotopic (exact) mass is 412 g/mol. The van der Waals surface area contributed by atoms with Crippen LogP contribution in [0.15, 0.2) is 35.4 Å². The Balaban J connectivity index is 2.37. The summed E-state index contributed by atoms with van der Waals surface area (Å²) >= 11 is 5.82. The highest BCUT2D eigenvalue weighted by Gasteiger charge is 2.22. The fourth-order valence-electron chi connectivity index (χ4n) is 2.15. The summed E-state index contributed by atoms with van der Waals surface area (Å²) in [6.45, 7) is 7.12. The quantitative estimate of drug-likeness (QED) is 0.553. The summed E-state index contributed by atoms with van der Waals surface area (Å²) < 4.78 is 32.6. The average Bonchev–Trinajstić information content (AvgIpc) is 2.53. The first-order valence-corrected chi connectivity index (χ1v) is 9.98. The van der Waals surface area contributed by atoms with Gasteiger partial charge in [-0.1, -0.05) is 6.07 Å². The van der Waals surface area contributed by atoms with Crippen molar-refractivity contribution in [3.8, 4) is 0 Å². The van der Waals surface area contributed by atoms with Crippen LogP contribution in [0.5, 0.6) is 0 Å². The maximum absolute atomic E-state index is 12.5. The Hall–Kier alpha value is -2.23. The molecule has 0 aliphatic carbocycles. The lowest BCUT2D eigenvalue weighted by atomic mass is 10.1. The number of rotatable bonds is 6. The van der Waals surface area contributed by atoms with Crippen molar-refractivity contribution in [2.75, 3.05) is 11.9 Å². The zero-order valence-electron chi connectivity index (χ0n) is 15.4. The van der Waals surface area contributed by atoms with E-state index in [2.05, 4.69) is 20.0 Å². The zero-order valence-corrected chi connectivity index (χ0v) is 17.0. The number of benzene rings is 1. The number of anilines is 2. The molecular weight excluding hydrogens is 392 g/mol. The molecule has 0 fully saturated rings. The van der Waals surface area contributed by atoms with Crippen LogP contribution >= 0.6 is 11.6 Å².